The van der Waals surface area contributed by atoms with E-state index in [1.54, 1.807) is 0 Å². The zero-order valence-corrected chi connectivity index (χ0v) is 3.90. The van der Waals surface area contributed by atoms with Gasteiger partial charge in [0.1, 0.15) is 0 Å². The monoisotopic (exact) mass is 144 g/mol. The average molecular weight is 144 g/mol. The van der Waals surface area contributed by atoms with Gasteiger partial charge in [0.25, 0.3) is 0 Å². The number of hydrogen-bond donors (Lipinski definition) is 0. The molecule has 0 aliphatic heterocycles. The fourth-order valence-corrected chi connectivity index (χ4v) is 0. The summed E-state index contributed by atoms with van der Waals surface area (Å²) in [4.78, 5) is 0. The van der Waals surface area contributed by atoms with E-state index in [0.29, 0.717) is 0 Å². The minimum absolute atomic E-state index is 0. The third kappa shape index (κ3) is 19.4. The molecule has 0 saturated carbocycles. The van der Waals surface area contributed by atoms with Crippen LogP contribution in [0.1, 0.15) is 0 Å². The summed E-state index contributed by atoms with van der Waals surface area (Å²) in [7, 11) is 0. The van der Waals surface area contributed by atoms with Gasteiger partial charge in [0.15, 0.2) is 0 Å². The average Bonchev–Trinajstić information content (AvgIpc) is 1.00. The van der Waals surface area contributed by atoms with Crippen LogP contribution in [-0.2, 0) is 33.6 Å². The molecule has 0 N–H and O–H groups in total. The number of hydrogen-bond acceptors (Lipinski definition) is 0. The van der Waals surface area contributed by atoms with E-state index in [1.807, 2.05) is 0 Å². The van der Waals surface area contributed by atoms with Gasteiger partial charge in [-0.3, -0.25) is 0 Å². The minimum atomic E-state index is 0. The smallest absolute Gasteiger partial charge is 0 e. The predicted molar refractivity (Wildman–Crippen MR) is 9.89 cm³/mol. The first-order valence-corrected chi connectivity index (χ1v) is 0.333. The van der Waals surface area contributed by atoms with Crippen LogP contribution in [0, 0.1) is 12.8 Å². The maximum Gasteiger partial charge on any atom is 0 e. The number of rotatable bonds is 0. The van der Waals surface area contributed by atoms with E-state index in [9.17, 15) is 0 Å². The van der Waals surface area contributed by atoms with Crippen molar-refractivity contribution in [2.75, 3.05) is 0 Å². The Balaban J connectivity index is -0.00000000500. The molecule has 0 aliphatic carbocycles. The van der Waals surface area contributed by atoms with E-state index in [4.69, 9.17) is 0 Å². The molecule has 0 nitrogen and oxygen atoms in total. The second-order valence-corrected chi connectivity index (χ2v) is 0. The second kappa shape index (κ2) is 72.0. The van der Waals surface area contributed by atoms with Gasteiger partial charge in [-0.1, -0.05) is 0 Å². The molecule has 0 aliphatic rings. The standard InChI is InChI=1S/C2H2.2Co/c1-2;;/h1-2H;;. The first-order chi connectivity index (χ1) is 1.00. The summed E-state index contributed by atoms with van der Waals surface area (Å²) in [6, 6.07) is 0. The van der Waals surface area contributed by atoms with Gasteiger partial charge in [0.05, 0.1) is 0 Å². The van der Waals surface area contributed by atoms with E-state index in [-0.39, 0.29) is 33.6 Å². The molecule has 0 bridgehead atoms. The maximum absolute atomic E-state index is 4.00. The molecule has 2 radical (unpaired) electrons. The molecular formula is C2H2Co2. The Hall–Kier alpha value is 0.573. The Morgan fingerprint density at radius 2 is 0.750 bits per heavy atom. The van der Waals surface area contributed by atoms with Crippen LogP contribution in [0.2, 0.25) is 0 Å². The maximum atomic E-state index is 4.00. The van der Waals surface area contributed by atoms with E-state index >= 15 is 0 Å². The van der Waals surface area contributed by atoms with Gasteiger partial charge in [-0.2, -0.15) is 0 Å². The van der Waals surface area contributed by atoms with Crippen LogP contribution in [0.4, 0.5) is 0 Å². The summed E-state index contributed by atoms with van der Waals surface area (Å²) in [5.41, 5.74) is 0. The van der Waals surface area contributed by atoms with E-state index in [0.717, 1.165) is 0 Å². The molecular weight excluding hydrogens is 142 g/mol. The number of terminal acetylenes is 1. The van der Waals surface area contributed by atoms with Crippen LogP contribution in [0.3, 0.4) is 0 Å². The van der Waals surface area contributed by atoms with Crippen LogP contribution >= 0.6 is 0 Å². The van der Waals surface area contributed by atoms with Gasteiger partial charge in [-0.05, 0) is 0 Å². The summed E-state index contributed by atoms with van der Waals surface area (Å²) in [5, 5.41) is 0. The summed E-state index contributed by atoms with van der Waals surface area (Å²) in [5.74, 6) is 0. The van der Waals surface area contributed by atoms with Gasteiger partial charge < -0.3 is 0 Å². The molecule has 2 heteroatoms. The van der Waals surface area contributed by atoms with Crippen molar-refractivity contribution in [3.8, 4) is 12.8 Å². The van der Waals surface area contributed by atoms with Crippen LogP contribution in [0.15, 0.2) is 0 Å². The Bertz CT molecular complexity index is 8.75. The molecule has 4 heavy (non-hydrogen) atoms. The Morgan fingerprint density at radius 1 is 0.750 bits per heavy atom. The molecule has 0 heterocycles. The van der Waals surface area contributed by atoms with Crippen molar-refractivity contribution in [3.05, 3.63) is 0 Å². The molecule has 0 fully saturated rings. The van der Waals surface area contributed by atoms with Crippen molar-refractivity contribution < 1.29 is 33.6 Å². The summed E-state index contributed by atoms with van der Waals surface area (Å²) in [6.07, 6.45) is 8.00. The zero-order valence-electron chi connectivity index (χ0n) is 1.82. The summed E-state index contributed by atoms with van der Waals surface area (Å²) >= 11 is 0. The van der Waals surface area contributed by atoms with Gasteiger partial charge in [0.2, 0.25) is 0 Å². The van der Waals surface area contributed by atoms with Crippen molar-refractivity contribution >= 4 is 0 Å². The molecule has 0 amide bonds. The van der Waals surface area contributed by atoms with Crippen LogP contribution in [0.5, 0.6) is 0 Å². The van der Waals surface area contributed by atoms with Crippen molar-refractivity contribution in [1.82, 2.24) is 0 Å². The SMILES string of the molecule is C#C.[Co].[Co]. The largest absolute Gasteiger partial charge is 0.124 e. The molecule has 0 atom stereocenters. The third-order valence-corrected chi connectivity index (χ3v) is 0. The summed E-state index contributed by atoms with van der Waals surface area (Å²) < 4.78 is 0. The molecule has 0 spiro atoms. The van der Waals surface area contributed by atoms with Gasteiger partial charge in [-0.15, -0.1) is 12.8 Å². The first kappa shape index (κ1) is 23.6. The van der Waals surface area contributed by atoms with E-state index in [1.165, 1.54) is 0 Å². The first-order valence-electron chi connectivity index (χ1n) is 0.333. The molecule has 0 aromatic rings. The predicted octanol–water partition coefficient (Wildman–Crippen LogP) is 0.244. The van der Waals surface area contributed by atoms with Gasteiger partial charge in [-0.25, -0.2) is 0 Å². The van der Waals surface area contributed by atoms with Crippen LogP contribution in [-0.4, -0.2) is 0 Å². The van der Waals surface area contributed by atoms with Crippen molar-refractivity contribution in [3.63, 3.8) is 0 Å². The Labute approximate surface area is 46.7 Å². The molecule has 0 saturated heterocycles. The van der Waals surface area contributed by atoms with E-state index < -0.39 is 0 Å². The molecule has 0 rings (SSSR count). The minimum Gasteiger partial charge on any atom is -0.124 e. The van der Waals surface area contributed by atoms with Gasteiger partial charge in [0, 0.05) is 33.6 Å². The van der Waals surface area contributed by atoms with Crippen LogP contribution < -0.4 is 0 Å². The van der Waals surface area contributed by atoms with Crippen molar-refractivity contribution in [2.24, 2.45) is 0 Å². The summed E-state index contributed by atoms with van der Waals surface area (Å²) in [6.45, 7) is 0. The second-order valence-electron chi connectivity index (χ2n) is 0. The molecule has 0 aromatic carbocycles. The Kier molecular flexibility index (Phi) is 425. The Morgan fingerprint density at radius 3 is 0.750 bits per heavy atom. The zero-order chi connectivity index (χ0) is 2.00. The molecule has 0 aromatic heterocycles. The molecule has 0 unspecified atom stereocenters. The fourth-order valence-electron chi connectivity index (χ4n) is 0. The quantitative estimate of drug-likeness (QED) is 0.427. The fraction of sp³-hybridized carbons (Fsp3) is 0. The van der Waals surface area contributed by atoms with Crippen LogP contribution in [0.25, 0.3) is 0 Å². The molecule has 28 valence electrons. The van der Waals surface area contributed by atoms with Gasteiger partial charge >= 0.3 is 0 Å². The van der Waals surface area contributed by atoms with Crippen molar-refractivity contribution in [1.29, 1.82) is 0 Å². The third-order valence-electron chi connectivity index (χ3n) is 0. The van der Waals surface area contributed by atoms with Crippen molar-refractivity contribution in [2.45, 2.75) is 0 Å². The normalized spacial score (nSPS) is 0.500. The van der Waals surface area contributed by atoms with E-state index in [2.05, 4.69) is 12.8 Å². The topological polar surface area (TPSA) is 0 Å².